The van der Waals surface area contributed by atoms with Gasteiger partial charge in [0.2, 0.25) is 0 Å². The molecule has 0 aliphatic rings. The van der Waals surface area contributed by atoms with E-state index in [0.717, 1.165) is 23.2 Å². The summed E-state index contributed by atoms with van der Waals surface area (Å²) in [5.74, 6) is 0. The summed E-state index contributed by atoms with van der Waals surface area (Å²) in [6.45, 7) is 6.65. The van der Waals surface area contributed by atoms with Crippen LogP contribution in [0.1, 0.15) is 26.3 Å². The van der Waals surface area contributed by atoms with E-state index in [0.29, 0.717) is 0 Å². The second kappa shape index (κ2) is 3.95. The zero-order chi connectivity index (χ0) is 12.6. The van der Waals surface area contributed by atoms with E-state index in [-0.39, 0.29) is 5.41 Å². The first kappa shape index (κ1) is 11.8. The molecule has 2 heteroatoms. The van der Waals surface area contributed by atoms with Crippen LogP contribution in [0.25, 0.3) is 10.8 Å². The molecule has 0 saturated carbocycles. The number of hydrogen-bond donors (Lipinski definition) is 2. The van der Waals surface area contributed by atoms with Crippen LogP contribution in [0.5, 0.6) is 0 Å². The average molecular weight is 228 g/mol. The molecule has 0 aliphatic heterocycles. The van der Waals surface area contributed by atoms with Crippen molar-refractivity contribution in [1.82, 2.24) is 0 Å². The number of hydrogen-bond acceptors (Lipinski definition) is 2. The molecule has 0 aliphatic carbocycles. The fourth-order valence-electron chi connectivity index (χ4n) is 2.14. The van der Waals surface area contributed by atoms with Crippen molar-refractivity contribution in [3.63, 3.8) is 0 Å². The highest BCUT2D eigenvalue weighted by atomic mass is 14.6. The zero-order valence-corrected chi connectivity index (χ0v) is 10.7. The third-order valence-corrected chi connectivity index (χ3v) is 2.89. The lowest BCUT2D eigenvalue weighted by Gasteiger charge is -2.20. The number of nitrogen functional groups attached to an aromatic ring is 2. The third-order valence-electron chi connectivity index (χ3n) is 2.89. The Morgan fingerprint density at radius 2 is 1.71 bits per heavy atom. The van der Waals surface area contributed by atoms with Crippen LogP contribution in [0.3, 0.4) is 0 Å². The Balaban J connectivity index is 2.56. The van der Waals surface area contributed by atoms with E-state index >= 15 is 0 Å². The lowest BCUT2D eigenvalue weighted by atomic mass is 9.86. The molecular weight excluding hydrogens is 208 g/mol. The zero-order valence-electron chi connectivity index (χ0n) is 10.7. The molecule has 2 rings (SSSR count). The SMILES string of the molecule is CC(C)(C)Cc1cc2cccc(N)c2cc1N. The molecule has 0 aromatic heterocycles. The summed E-state index contributed by atoms with van der Waals surface area (Å²) < 4.78 is 0. The van der Waals surface area contributed by atoms with Gasteiger partial charge in [-0.3, -0.25) is 0 Å². The van der Waals surface area contributed by atoms with E-state index in [1.165, 1.54) is 10.9 Å². The summed E-state index contributed by atoms with van der Waals surface area (Å²) >= 11 is 0. The average Bonchev–Trinajstić information content (AvgIpc) is 2.19. The summed E-state index contributed by atoms with van der Waals surface area (Å²) in [4.78, 5) is 0. The van der Waals surface area contributed by atoms with Gasteiger partial charge in [-0.25, -0.2) is 0 Å². The first-order valence-corrected chi connectivity index (χ1v) is 5.93. The normalized spacial score (nSPS) is 11.9. The number of fused-ring (bicyclic) bond motifs is 1. The second-order valence-electron chi connectivity index (χ2n) is 5.86. The topological polar surface area (TPSA) is 52.0 Å². The second-order valence-corrected chi connectivity index (χ2v) is 5.86. The van der Waals surface area contributed by atoms with Gasteiger partial charge < -0.3 is 11.5 Å². The Bertz CT molecular complexity index is 551. The molecule has 4 N–H and O–H groups in total. The number of nitrogens with two attached hydrogens (primary N) is 2. The van der Waals surface area contributed by atoms with Crippen LogP contribution in [0.2, 0.25) is 0 Å². The first-order valence-electron chi connectivity index (χ1n) is 5.93. The summed E-state index contributed by atoms with van der Waals surface area (Å²) in [7, 11) is 0. The van der Waals surface area contributed by atoms with Crippen LogP contribution in [0.4, 0.5) is 11.4 Å². The molecule has 0 heterocycles. The maximum Gasteiger partial charge on any atom is 0.0394 e. The van der Waals surface area contributed by atoms with Gasteiger partial charge in [0.1, 0.15) is 0 Å². The fraction of sp³-hybridized carbons (Fsp3) is 0.333. The van der Waals surface area contributed by atoms with Gasteiger partial charge >= 0.3 is 0 Å². The Labute approximate surface area is 103 Å². The molecule has 0 saturated heterocycles. The molecule has 2 nitrogen and oxygen atoms in total. The molecule has 0 amide bonds. The molecule has 0 atom stereocenters. The van der Waals surface area contributed by atoms with E-state index in [2.05, 4.69) is 32.9 Å². The van der Waals surface area contributed by atoms with Gasteiger partial charge in [-0.05, 0) is 41.0 Å². The standard InChI is InChI=1S/C15H20N2/c1-15(2,3)9-11-7-10-5-4-6-13(16)12(10)8-14(11)17/h4-8H,9,16-17H2,1-3H3. The lowest BCUT2D eigenvalue weighted by molar-refractivity contribution is 0.412. The van der Waals surface area contributed by atoms with Crippen LogP contribution < -0.4 is 11.5 Å². The fourth-order valence-corrected chi connectivity index (χ4v) is 2.14. The highest BCUT2D eigenvalue weighted by Crippen LogP contribution is 2.30. The van der Waals surface area contributed by atoms with E-state index in [4.69, 9.17) is 11.5 Å². The summed E-state index contributed by atoms with van der Waals surface area (Å²) in [5, 5.41) is 2.21. The molecule has 0 spiro atoms. The molecule has 0 fully saturated rings. The van der Waals surface area contributed by atoms with Gasteiger partial charge in [0.25, 0.3) is 0 Å². The molecule has 0 bridgehead atoms. The van der Waals surface area contributed by atoms with Gasteiger partial charge in [-0.15, -0.1) is 0 Å². The minimum atomic E-state index is 0.238. The summed E-state index contributed by atoms with van der Waals surface area (Å²) in [6, 6.07) is 10.1. The van der Waals surface area contributed by atoms with Gasteiger partial charge in [-0.2, -0.15) is 0 Å². The smallest absolute Gasteiger partial charge is 0.0394 e. The van der Waals surface area contributed by atoms with Crippen molar-refractivity contribution in [2.75, 3.05) is 11.5 Å². The van der Waals surface area contributed by atoms with Gasteiger partial charge in [0.05, 0.1) is 0 Å². The predicted molar refractivity (Wildman–Crippen MR) is 75.9 cm³/mol. The minimum absolute atomic E-state index is 0.238. The third kappa shape index (κ3) is 2.52. The summed E-state index contributed by atoms with van der Waals surface area (Å²) in [6.07, 6.45) is 0.976. The monoisotopic (exact) mass is 228 g/mol. The molecular formula is C15H20N2. The van der Waals surface area contributed by atoms with Crippen LogP contribution >= 0.6 is 0 Å². The van der Waals surface area contributed by atoms with E-state index in [1.54, 1.807) is 0 Å². The molecule has 2 aromatic carbocycles. The van der Waals surface area contributed by atoms with Gasteiger partial charge in [0.15, 0.2) is 0 Å². The van der Waals surface area contributed by atoms with Crippen molar-refractivity contribution < 1.29 is 0 Å². The summed E-state index contributed by atoms with van der Waals surface area (Å²) in [5.41, 5.74) is 15.1. The van der Waals surface area contributed by atoms with Crippen LogP contribution in [0, 0.1) is 5.41 Å². The quantitative estimate of drug-likeness (QED) is 0.733. The van der Waals surface area contributed by atoms with Crippen molar-refractivity contribution in [3.05, 3.63) is 35.9 Å². The number of benzene rings is 2. The van der Waals surface area contributed by atoms with Crippen molar-refractivity contribution in [2.45, 2.75) is 27.2 Å². The minimum Gasteiger partial charge on any atom is -0.398 e. The molecule has 2 aromatic rings. The maximum atomic E-state index is 6.11. The van der Waals surface area contributed by atoms with Gasteiger partial charge in [-0.1, -0.05) is 32.9 Å². The van der Waals surface area contributed by atoms with Crippen LogP contribution in [0.15, 0.2) is 30.3 Å². The number of rotatable bonds is 1. The highest BCUT2D eigenvalue weighted by Gasteiger charge is 2.14. The lowest BCUT2D eigenvalue weighted by Crippen LogP contribution is -2.11. The molecule has 17 heavy (non-hydrogen) atoms. The van der Waals surface area contributed by atoms with Crippen LogP contribution in [-0.2, 0) is 6.42 Å². The Hall–Kier alpha value is -1.70. The van der Waals surface area contributed by atoms with E-state index in [9.17, 15) is 0 Å². The highest BCUT2D eigenvalue weighted by molar-refractivity contribution is 5.95. The van der Waals surface area contributed by atoms with Crippen molar-refractivity contribution in [3.8, 4) is 0 Å². The molecule has 90 valence electrons. The number of anilines is 2. The molecule has 0 unspecified atom stereocenters. The van der Waals surface area contributed by atoms with Crippen molar-refractivity contribution >= 4 is 22.1 Å². The Kier molecular flexibility index (Phi) is 2.74. The maximum absolute atomic E-state index is 6.11. The Morgan fingerprint density at radius 3 is 2.35 bits per heavy atom. The van der Waals surface area contributed by atoms with Crippen molar-refractivity contribution in [2.24, 2.45) is 5.41 Å². The van der Waals surface area contributed by atoms with Crippen molar-refractivity contribution in [1.29, 1.82) is 0 Å². The van der Waals surface area contributed by atoms with E-state index < -0.39 is 0 Å². The molecule has 0 radical (unpaired) electrons. The van der Waals surface area contributed by atoms with Gasteiger partial charge in [0, 0.05) is 16.8 Å². The predicted octanol–water partition coefficient (Wildman–Crippen LogP) is 3.59. The first-order chi connectivity index (χ1) is 7.87. The largest absolute Gasteiger partial charge is 0.398 e. The van der Waals surface area contributed by atoms with Crippen LogP contribution in [-0.4, -0.2) is 0 Å². The van der Waals surface area contributed by atoms with E-state index in [1.807, 2.05) is 18.2 Å². The Morgan fingerprint density at radius 1 is 1.00 bits per heavy atom.